The van der Waals surface area contributed by atoms with Crippen LogP contribution in [-0.4, -0.2) is 25.1 Å². The number of benzene rings is 3. The van der Waals surface area contributed by atoms with Gasteiger partial charge in [-0.3, -0.25) is 4.79 Å². The van der Waals surface area contributed by atoms with E-state index in [4.69, 9.17) is 11.6 Å². The van der Waals surface area contributed by atoms with E-state index in [1.165, 1.54) is 12.1 Å². The van der Waals surface area contributed by atoms with Crippen molar-refractivity contribution in [2.75, 3.05) is 11.1 Å². The maximum Gasteiger partial charge on any atom is 0.224 e. The molecule has 1 N–H and O–H groups in total. The van der Waals surface area contributed by atoms with E-state index in [2.05, 4.69) is 10.3 Å². The third-order valence-corrected chi connectivity index (χ3v) is 7.85. The van der Waals surface area contributed by atoms with E-state index in [9.17, 15) is 13.2 Å². The Kier molecular flexibility index (Phi) is 6.36. The molecule has 0 atom stereocenters. The normalized spacial score (nSPS) is 11.5. The third-order valence-electron chi connectivity index (χ3n) is 4.70. The van der Waals surface area contributed by atoms with E-state index < -0.39 is 9.84 Å². The van der Waals surface area contributed by atoms with Crippen LogP contribution in [0.1, 0.15) is 12.8 Å². The number of sulfone groups is 1. The smallest absolute Gasteiger partial charge is 0.224 e. The number of aromatic nitrogens is 1. The molecule has 158 valence electrons. The van der Waals surface area contributed by atoms with Crippen LogP contribution in [0.25, 0.3) is 20.8 Å². The summed E-state index contributed by atoms with van der Waals surface area (Å²) in [5.41, 5.74) is 2.61. The third kappa shape index (κ3) is 5.31. The molecule has 1 aromatic heterocycles. The van der Waals surface area contributed by atoms with Crippen LogP contribution in [0.2, 0.25) is 5.02 Å². The second-order valence-corrected chi connectivity index (χ2v) is 10.6. The lowest BCUT2D eigenvalue weighted by Gasteiger charge is -2.07. The predicted octanol–water partition coefficient (Wildman–Crippen LogP) is 5.81. The largest absolute Gasteiger partial charge is 0.326 e. The van der Waals surface area contributed by atoms with Crippen molar-refractivity contribution in [2.24, 2.45) is 0 Å². The Morgan fingerprint density at radius 2 is 1.68 bits per heavy atom. The summed E-state index contributed by atoms with van der Waals surface area (Å²) >= 11 is 7.42. The number of hydrogen-bond acceptors (Lipinski definition) is 5. The minimum absolute atomic E-state index is 0.0986. The van der Waals surface area contributed by atoms with E-state index in [0.29, 0.717) is 10.7 Å². The summed E-state index contributed by atoms with van der Waals surface area (Å²) in [5, 5.41) is 4.21. The van der Waals surface area contributed by atoms with Crippen LogP contribution >= 0.6 is 22.9 Å². The van der Waals surface area contributed by atoms with E-state index in [-0.39, 0.29) is 29.4 Å². The van der Waals surface area contributed by atoms with Gasteiger partial charge in [-0.15, -0.1) is 11.3 Å². The molecular weight excluding hydrogens is 452 g/mol. The number of nitrogens with zero attached hydrogens (tertiary/aromatic N) is 1. The van der Waals surface area contributed by atoms with Gasteiger partial charge in [-0.25, -0.2) is 13.4 Å². The first kappa shape index (κ1) is 21.5. The molecule has 0 radical (unpaired) electrons. The van der Waals surface area contributed by atoms with Gasteiger partial charge < -0.3 is 5.32 Å². The van der Waals surface area contributed by atoms with Crippen LogP contribution in [-0.2, 0) is 14.6 Å². The zero-order valence-electron chi connectivity index (χ0n) is 16.4. The lowest BCUT2D eigenvalue weighted by Crippen LogP contribution is -2.14. The Bertz CT molecular complexity index is 1280. The summed E-state index contributed by atoms with van der Waals surface area (Å²) in [4.78, 5) is 17.1. The van der Waals surface area contributed by atoms with E-state index >= 15 is 0 Å². The van der Waals surface area contributed by atoms with Crippen molar-refractivity contribution in [3.8, 4) is 10.6 Å². The highest BCUT2D eigenvalue weighted by atomic mass is 35.5. The maximum absolute atomic E-state index is 12.3. The fraction of sp³-hybridized carbons (Fsp3) is 0.130. The molecule has 4 rings (SSSR count). The average molecular weight is 471 g/mol. The van der Waals surface area contributed by atoms with Crippen LogP contribution < -0.4 is 5.32 Å². The molecule has 0 unspecified atom stereocenters. The zero-order valence-corrected chi connectivity index (χ0v) is 18.8. The highest BCUT2D eigenvalue weighted by Crippen LogP contribution is 2.30. The highest BCUT2D eigenvalue weighted by Gasteiger charge is 2.15. The van der Waals surface area contributed by atoms with Gasteiger partial charge in [-0.2, -0.15) is 0 Å². The Balaban J connectivity index is 1.32. The molecular formula is C23H19ClN2O3S2. The van der Waals surface area contributed by atoms with Gasteiger partial charge in [0.15, 0.2) is 9.84 Å². The Labute approximate surface area is 189 Å². The first-order valence-corrected chi connectivity index (χ1v) is 12.5. The van der Waals surface area contributed by atoms with Crippen molar-refractivity contribution in [3.05, 3.63) is 77.8 Å². The van der Waals surface area contributed by atoms with E-state index in [1.807, 2.05) is 48.5 Å². The van der Waals surface area contributed by atoms with Crippen LogP contribution in [0.3, 0.4) is 0 Å². The van der Waals surface area contributed by atoms with Crippen LogP contribution in [0, 0.1) is 0 Å². The number of para-hydroxylation sites is 1. The van der Waals surface area contributed by atoms with Crippen molar-refractivity contribution in [1.29, 1.82) is 0 Å². The van der Waals surface area contributed by atoms with Gasteiger partial charge in [-0.1, -0.05) is 23.7 Å². The minimum atomic E-state index is -3.44. The lowest BCUT2D eigenvalue weighted by atomic mass is 10.2. The standard InChI is InChI=1S/C23H19ClN2O3S2/c24-17-9-13-19(14-10-17)31(28,29)15-3-6-22(27)25-18-11-7-16(8-12-18)23-26-20-4-1-2-5-21(20)30-23/h1-2,4-5,7-14H,3,6,15H2,(H,25,27). The van der Waals surface area contributed by atoms with E-state index in [0.717, 1.165) is 20.8 Å². The number of hydrogen-bond donors (Lipinski definition) is 1. The van der Waals surface area contributed by atoms with Crippen molar-refractivity contribution >= 4 is 54.6 Å². The summed E-state index contributed by atoms with van der Waals surface area (Å²) in [7, 11) is -3.44. The van der Waals surface area contributed by atoms with Gasteiger partial charge in [-0.05, 0) is 67.1 Å². The molecule has 0 saturated carbocycles. The minimum Gasteiger partial charge on any atom is -0.326 e. The number of nitrogens with one attached hydrogen (secondary N) is 1. The quantitative estimate of drug-likeness (QED) is 0.370. The van der Waals surface area contributed by atoms with Crippen LogP contribution in [0.5, 0.6) is 0 Å². The number of carbonyl (C=O) groups excluding carboxylic acids is 1. The van der Waals surface area contributed by atoms with Gasteiger partial charge in [0.2, 0.25) is 5.91 Å². The molecule has 8 heteroatoms. The lowest BCUT2D eigenvalue weighted by molar-refractivity contribution is -0.116. The van der Waals surface area contributed by atoms with Gasteiger partial charge >= 0.3 is 0 Å². The summed E-state index contributed by atoms with van der Waals surface area (Å²) in [5.74, 6) is -0.322. The maximum atomic E-state index is 12.3. The molecule has 0 fully saturated rings. The second kappa shape index (κ2) is 9.18. The molecule has 0 aliphatic rings. The molecule has 0 spiro atoms. The molecule has 0 bridgehead atoms. The van der Waals surface area contributed by atoms with Crippen molar-refractivity contribution in [2.45, 2.75) is 17.7 Å². The fourth-order valence-corrected chi connectivity index (χ4v) is 5.51. The Hall–Kier alpha value is -2.74. The van der Waals surface area contributed by atoms with Crippen LogP contribution in [0.4, 0.5) is 5.69 Å². The van der Waals surface area contributed by atoms with Crippen molar-refractivity contribution in [1.82, 2.24) is 4.98 Å². The number of halogens is 1. The zero-order chi connectivity index (χ0) is 21.8. The molecule has 0 saturated heterocycles. The monoisotopic (exact) mass is 470 g/mol. The van der Waals surface area contributed by atoms with Crippen LogP contribution in [0.15, 0.2) is 77.7 Å². The number of amides is 1. The average Bonchev–Trinajstić information content (AvgIpc) is 3.19. The SMILES string of the molecule is O=C(CCCS(=O)(=O)c1ccc(Cl)cc1)Nc1ccc(-c2nc3ccccc3s2)cc1. The summed E-state index contributed by atoms with van der Waals surface area (Å²) in [6, 6.07) is 21.5. The molecule has 0 aliphatic heterocycles. The molecule has 4 aromatic rings. The van der Waals surface area contributed by atoms with Gasteiger partial charge in [0, 0.05) is 22.7 Å². The Morgan fingerprint density at radius 1 is 0.968 bits per heavy atom. The summed E-state index contributed by atoms with van der Waals surface area (Å²) in [6.45, 7) is 0. The summed E-state index contributed by atoms with van der Waals surface area (Å²) in [6.07, 6.45) is 0.354. The highest BCUT2D eigenvalue weighted by molar-refractivity contribution is 7.91. The molecule has 1 amide bonds. The second-order valence-electron chi connectivity index (χ2n) is 6.99. The number of anilines is 1. The van der Waals surface area contributed by atoms with Crippen molar-refractivity contribution < 1.29 is 13.2 Å². The first-order chi connectivity index (χ1) is 14.9. The van der Waals surface area contributed by atoms with Gasteiger partial charge in [0.05, 0.1) is 20.9 Å². The molecule has 3 aromatic carbocycles. The molecule has 31 heavy (non-hydrogen) atoms. The summed E-state index contributed by atoms with van der Waals surface area (Å²) < 4.78 is 25.8. The molecule has 0 aliphatic carbocycles. The number of rotatable bonds is 7. The fourth-order valence-electron chi connectivity index (χ4n) is 3.10. The Morgan fingerprint density at radius 3 is 2.39 bits per heavy atom. The molecule has 1 heterocycles. The van der Waals surface area contributed by atoms with Crippen molar-refractivity contribution in [3.63, 3.8) is 0 Å². The first-order valence-electron chi connectivity index (χ1n) is 9.65. The predicted molar refractivity (Wildman–Crippen MR) is 126 cm³/mol. The number of thiazole rings is 1. The molecule has 5 nitrogen and oxygen atoms in total. The van der Waals surface area contributed by atoms with Gasteiger partial charge in [0.25, 0.3) is 0 Å². The number of fused-ring (bicyclic) bond motifs is 1. The van der Waals surface area contributed by atoms with E-state index in [1.54, 1.807) is 23.5 Å². The van der Waals surface area contributed by atoms with Gasteiger partial charge in [0.1, 0.15) is 5.01 Å². The number of carbonyl (C=O) groups is 1. The topological polar surface area (TPSA) is 76.1 Å².